The Bertz CT molecular complexity index is 520. The lowest BCUT2D eigenvalue weighted by Crippen LogP contribution is -2.16. The summed E-state index contributed by atoms with van der Waals surface area (Å²) in [6.45, 7) is 1.94. The summed E-state index contributed by atoms with van der Waals surface area (Å²) < 4.78 is 13.3. The van der Waals surface area contributed by atoms with Crippen molar-refractivity contribution < 1.29 is 9.18 Å². The van der Waals surface area contributed by atoms with E-state index in [-0.39, 0.29) is 18.0 Å². The first-order valence-corrected chi connectivity index (χ1v) is 5.60. The molecule has 0 aliphatic rings. The van der Waals surface area contributed by atoms with Crippen LogP contribution in [0.25, 0.3) is 0 Å². The highest BCUT2D eigenvalue weighted by Gasteiger charge is 2.08. The van der Waals surface area contributed by atoms with E-state index in [2.05, 4.69) is 10.3 Å². The molecule has 1 aromatic carbocycles. The predicted molar refractivity (Wildman–Crippen MR) is 67.7 cm³/mol. The topological polar surface area (TPSA) is 42.0 Å². The first kappa shape index (κ1) is 12.2. The van der Waals surface area contributed by atoms with Crippen LogP contribution in [0.2, 0.25) is 0 Å². The standard InChI is InChI=1S/C14H13FN2O/c1-10-4-2-3-5-11(10)8-14(18)17-13-6-7-16-9-12(13)15/h2-7,9H,8H2,1H3,(H,16,17,18). The second-order valence-corrected chi connectivity index (χ2v) is 4.01. The van der Waals surface area contributed by atoms with Crippen LogP contribution in [0.1, 0.15) is 11.1 Å². The van der Waals surface area contributed by atoms with Crippen LogP contribution < -0.4 is 5.32 Å². The first-order chi connectivity index (χ1) is 8.66. The van der Waals surface area contributed by atoms with Gasteiger partial charge in [0.05, 0.1) is 18.3 Å². The zero-order chi connectivity index (χ0) is 13.0. The monoisotopic (exact) mass is 244 g/mol. The van der Waals surface area contributed by atoms with Gasteiger partial charge in [-0.25, -0.2) is 4.39 Å². The van der Waals surface area contributed by atoms with Gasteiger partial charge in [0.25, 0.3) is 0 Å². The second kappa shape index (κ2) is 5.40. The molecule has 2 rings (SSSR count). The Morgan fingerprint density at radius 3 is 2.83 bits per heavy atom. The van der Waals surface area contributed by atoms with E-state index in [1.165, 1.54) is 12.3 Å². The average Bonchev–Trinajstić information content (AvgIpc) is 2.35. The maximum absolute atomic E-state index is 13.3. The van der Waals surface area contributed by atoms with Gasteiger partial charge in [-0.1, -0.05) is 24.3 Å². The molecule has 0 atom stereocenters. The Morgan fingerprint density at radius 2 is 2.11 bits per heavy atom. The highest BCUT2D eigenvalue weighted by atomic mass is 19.1. The fraction of sp³-hybridized carbons (Fsp3) is 0.143. The maximum atomic E-state index is 13.3. The van der Waals surface area contributed by atoms with Gasteiger partial charge in [0.2, 0.25) is 5.91 Å². The van der Waals surface area contributed by atoms with Crippen LogP contribution >= 0.6 is 0 Å². The summed E-state index contributed by atoms with van der Waals surface area (Å²) in [5.74, 6) is -0.773. The van der Waals surface area contributed by atoms with Crippen molar-refractivity contribution in [3.05, 3.63) is 59.7 Å². The normalized spacial score (nSPS) is 10.1. The Labute approximate surface area is 105 Å². The molecule has 0 bridgehead atoms. The van der Waals surface area contributed by atoms with E-state index >= 15 is 0 Å². The molecule has 92 valence electrons. The van der Waals surface area contributed by atoms with E-state index in [4.69, 9.17) is 0 Å². The molecule has 2 aromatic rings. The number of rotatable bonds is 3. The van der Waals surface area contributed by atoms with Crippen molar-refractivity contribution in [3.8, 4) is 0 Å². The van der Waals surface area contributed by atoms with Gasteiger partial charge < -0.3 is 5.32 Å². The van der Waals surface area contributed by atoms with Crippen LogP contribution in [-0.2, 0) is 11.2 Å². The van der Waals surface area contributed by atoms with E-state index < -0.39 is 5.82 Å². The van der Waals surface area contributed by atoms with Crippen molar-refractivity contribution in [2.45, 2.75) is 13.3 Å². The number of aromatic nitrogens is 1. The number of nitrogens with one attached hydrogen (secondary N) is 1. The summed E-state index contributed by atoms with van der Waals surface area (Å²) in [5, 5.41) is 2.53. The zero-order valence-electron chi connectivity index (χ0n) is 9.98. The number of hydrogen-bond acceptors (Lipinski definition) is 2. The number of pyridine rings is 1. The van der Waals surface area contributed by atoms with Gasteiger partial charge in [-0.05, 0) is 24.1 Å². The molecule has 0 saturated heterocycles. The number of aryl methyl sites for hydroxylation is 1. The minimum absolute atomic E-state index is 0.156. The minimum atomic E-state index is -0.532. The molecule has 1 N–H and O–H groups in total. The van der Waals surface area contributed by atoms with Gasteiger partial charge in [0.15, 0.2) is 5.82 Å². The molecule has 1 heterocycles. The van der Waals surface area contributed by atoms with Crippen molar-refractivity contribution in [1.29, 1.82) is 0 Å². The molecule has 1 amide bonds. The molecule has 0 aliphatic heterocycles. The summed E-state index contributed by atoms with van der Waals surface area (Å²) in [4.78, 5) is 15.4. The van der Waals surface area contributed by atoms with Gasteiger partial charge in [-0.2, -0.15) is 0 Å². The Balaban J connectivity index is 2.06. The third kappa shape index (κ3) is 2.91. The fourth-order valence-corrected chi connectivity index (χ4v) is 1.65. The molecule has 0 unspecified atom stereocenters. The molecule has 0 aliphatic carbocycles. The van der Waals surface area contributed by atoms with Crippen LogP contribution in [-0.4, -0.2) is 10.9 Å². The largest absolute Gasteiger partial charge is 0.323 e. The van der Waals surface area contributed by atoms with Crippen molar-refractivity contribution in [2.75, 3.05) is 5.32 Å². The van der Waals surface area contributed by atoms with Crippen LogP contribution in [0.5, 0.6) is 0 Å². The lowest BCUT2D eigenvalue weighted by Gasteiger charge is -2.07. The van der Waals surface area contributed by atoms with E-state index in [0.717, 1.165) is 17.3 Å². The van der Waals surface area contributed by atoms with E-state index in [1.807, 2.05) is 31.2 Å². The van der Waals surface area contributed by atoms with Gasteiger partial charge >= 0.3 is 0 Å². The Kier molecular flexibility index (Phi) is 3.67. The van der Waals surface area contributed by atoms with Crippen molar-refractivity contribution in [2.24, 2.45) is 0 Å². The molecule has 3 nitrogen and oxygen atoms in total. The van der Waals surface area contributed by atoms with Crippen LogP contribution in [0.3, 0.4) is 0 Å². The van der Waals surface area contributed by atoms with Gasteiger partial charge in [-0.15, -0.1) is 0 Å². The molecule has 0 fully saturated rings. The lowest BCUT2D eigenvalue weighted by molar-refractivity contribution is -0.115. The third-order valence-corrected chi connectivity index (χ3v) is 2.66. The smallest absolute Gasteiger partial charge is 0.228 e. The molecular weight excluding hydrogens is 231 g/mol. The van der Waals surface area contributed by atoms with E-state index in [9.17, 15) is 9.18 Å². The summed E-state index contributed by atoms with van der Waals surface area (Å²) in [6, 6.07) is 9.06. The zero-order valence-corrected chi connectivity index (χ0v) is 9.98. The van der Waals surface area contributed by atoms with Crippen LogP contribution in [0.15, 0.2) is 42.7 Å². The molecular formula is C14H13FN2O. The lowest BCUT2D eigenvalue weighted by atomic mass is 10.1. The van der Waals surface area contributed by atoms with Crippen LogP contribution in [0, 0.1) is 12.7 Å². The fourth-order valence-electron chi connectivity index (χ4n) is 1.65. The molecule has 18 heavy (non-hydrogen) atoms. The molecule has 0 radical (unpaired) electrons. The average molecular weight is 244 g/mol. The van der Waals surface area contributed by atoms with E-state index in [1.54, 1.807) is 0 Å². The van der Waals surface area contributed by atoms with Gasteiger partial charge in [0.1, 0.15) is 0 Å². The Morgan fingerprint density at radius 1 is 1.33 bits per heavy atom. The summed E-state index contributed by atoms with van der Waals surface area (Å²) in [5.41, 5.74) is 2.14. The third-order valence-electron chi connectivity index (χ3n) is 2.66. The van der Waals surface area contributed by atoms with Gasteiger partial charge in [-0.3, -0.25) is 9.78 Å². The van der Waals surface area contributed by atoms with Gasteiger partial charge in [0, 0.05) is 6.20 Å². The Hall–Kier alpha value is -2.23. The second-order valence-electron chi connectivity index (χ2n) is 4.01. The molecule has 0 spiro atoms. The van der Waals surface area contributed by atoms with Crippen molar-refractivity contribution in [3.63, 3.8) is 0 Å². The number of nitrogens with zero attached hydrogens (tertiary/aromatic N) is 1. The first-order valence-electron chi connectivity index (χ1n) is 5.60. The highest BCUT2D eigenvalue weighted by molar-refractivity contribution is 5.92. The SMILES string of the molecule is Cc1ccccc1CC(=O)Nc1ccncc1F. The number of benzene rings is 1. The molecule has 1 aromatic heterocycles. The summed E-state index contributed by atoms with van der Waals surface area (Å²) >= 11 is 0. The van der Waals surface area contributed by atoms with Crippen LogP contribution in [0.4, 0.5) is 10.1 Å². The summed E-state index contributed by atoms with van der Waals surface area (Å²) in [6.07, 6.45) is 2.74. The predicted octanol–water partition coefficient (Wildman–Crippen LogP) is 2.71. The number of halogens is 1. The van der Waals surface area contributed by atoms with E-state index in [0.29, 0.717) is 0 Å². The minimum Gasteiger partial charge on any atom is -0.323 e. The number of anilines is 1. The van der Waals surface area contributed by atoms with Crippen molar-refractivity contribution >= 4 is 11.6 Å². The number of hydrogen-bond donors (Lipinski definition) is 1. The quantitative estimate of drug-likeness (QED) is 0.902. The highest BCUT2D eigenvalue weighted by Crippen LogP contribution is 2.13. The van der Waals surface area contributed by atoms with Crippen molar-refractivity contribution in [1.82, 2.24) is 4.98 Å². The molecule has 4 heteroatoms. The molecule has 0 saturated carbocycles. The number of carbonyl (C=O) groups is 1. The summed E-state index contributed by atoms with van der Waals surface area (Å²) in [7, 11) is 0. The number of carbonyl (C=O) groups excluding carboxylic acids is 1. The maximum Gasteiger partial charge on any atom is 0.228 e. The number of amides is 1.